The Labute approximate surface area is 261 Å². The topological polar surface area (TPSA) is 94.9 Å². The molecule has 0 spiro atoms. The fourth-order valence-electron chi connectivity index (χ4n) is 5.44. The fourth-order valence-corrected chi connectivity index (χ4v) is 5.69. The van der Waals surface area contributed by atoms with E-state index in [9.17, 15) is 14.7 Å². The van der Waals surface area contributed by atoms with Gasteiger partial charge in [-0.3, -0.25) is 19.6 Å². The van der Waals surface area contributed by atoms with Gasteiger partial charge in [0.1, 0.15) is 23.4 Å². The molecule has 2 aliphatic rings. The Morgan fingerprint density at radius 1 is 0.953 bits per heavy atom. The van der Waals surface area contributed by atoms with Crippen molar-refractivity contribution in [2.45, 2.75) is 38.3 Å². The Bertz CT molecular complexity index is 1470. The van der Waals surface area contributed by atoms with Crippen molar-refractivity contribution >= 4 is 41.4 Å². The van der Waals surface area contributed by atoms with Crippen LogP contribution in [0.4, 0.5) is 4.79 Å². The number of benzene rings is 3. The number of urea groups is 1. The third-order valence-electron chi connectivity index (χ3n) is 7.57. The molecule has 1 saturated heterocycles. The van der Waals surface area contributed by atoms with E-state index in [1.54, 1.807) is 40.0 Å². The van der Waals surface area contributed by atoms with E-state index in [0.717, 1.165) is 11.1 Å². The molecule has 2 aliphatic heterocycles. The highest BCUT2D eigenvalue weighted by molar-refractivity contribution is 6.30. The molecule has 3 atom stereocenters. The van der Waals surface area contributed by atoms with Crippen LogP contribution in [0.3, 0.4) is 0 Å². The molecule has 0 bridgehead atoms. The molecular formula is C32H34Cl2N4O5. The number of aliphatic hydroxyl groups excluding tert-OH is 1. The van der Waals surface area contributed by atoms with Crippen LogP contribution >= 0.6 is 23.2 Å². The molecule has 5 rings (SSSR count). The van der Waals surface area contributed by atoms with Crippen LogP contribution in [0.1, 0.15) is 42.6 Å². The first kappa shape index (κ1) is 30.8. The molecule has 3 aromatic rings. The number of ether oxygens (including phenoxy) is 2. The minimum absolute atomic E-state index is 0.145. The summed E-state index contributed by atoms with van der Waals surface area (Å²) in [5.41, 5.74) is 2.38. The van der Waals surface area contributed by atoms with E-state index < -0.39 is 18.3 Å². The third kappa shape index (κ3) is 6.65. The van der Waals surface area contributed by atoms with Gasteiger partial charge >= 0.3 is 6.03 Å². The highest BCUT2D eigenvalue weighted by Crippen LogP contribution is 2.46. The number of piperazine rings is 1. The average Bonchev–Trinajstić information content (AvgIpc) is 3.41. The Hall–Kier alpha value is -3.63. The molecule has 43 heavy (non-hydrogen) atoms. The van der Waals surface area contributed by atoms with Gasteiger partial charge in [0.25, 0.3) is 0 Å². The van der Waals surface area contributed by atoms with Crippen LogP contribution in [0.25, 0.3) is 0 Å². The Morgan fingerprint density at radius 3 is 2.12 bits per heavy atom. The molecule has 0 aromatic heterocycles. The van der Waals surface area contributed by atoms with Crippen molar-refractivity contribution in [3.8, 4) is 11.5 Å². The smallest absolute Gasteiger partial charge is 0.326 e. The van der Waals surface area contributed by atoms with Crippen LogP contribution in [-0.4, -0.2) is 83.6 Å². The molecule has 2 amide bonds. The van der Waals surface area contributed by atoms with Gasteiger partial charge in [0.15, 0.2) is 12.5 Å². The van der Waals surface area contributed by atoms with Gasteiger partial charge in [-0.05, 0) is 61.4 Å². The van der Waals surface area contributed by atoms with E-state index in [4.69, 9.17) is 37.7 Å². The Balaban J connectivity index is 1.64. The number of aliphatic hydroxyl groups is 1. The molecular weight excluding hydrogens is 591 g/mol. The molecule has 9 nitrogen and oxygen atoms in total. The van der Waals surface area contributed by atoms with Crippen LogP contribution in [-0.2, 0) is 4.79 Å². The van der Waals surface area contributed by atoms with Crippen LogP contribution in [0.2, 0.25) is 10.0 Å². The summed E-state index contributed by atoms with van der Waals surface area (Å²) in [6.45, 7) is 5.21. The first-order valence-corrected chi connectivity index (χ1v) is 14.8. The second kappa shape index (κ2) is 13.3. The van der Waals surface area contributed by atoms with E-state index in [2.05, 4.69) is 0 Å². The number of carbonyl (C=O) groups excluding carboxylic acids is 2. The molecule has 3 aromatic carbocycles. The van der Waals surface area contributed by atoms with E-state index in [1.807, 2.05) is 62.4 Å². The number of amidine groups is 1. The summed E-state index contributed by atoms with van der Waals surface area (Å²) in [6.07, 6.45) is -0.851. The maximum absolute atomic E-state index is 14.6. The van der Waals surface area contributed by atoms with Crippen molar-refractivity contribution in [2.24, 2.45) is 4.99 Å². The number of halogens is 2. The summed E-state index contributed by atoms with van der Waals surface area (Å²) in [6, 6.07) is 19.1. The number of amides is 2. The molecule has 11 heteroatoms. The second-order valence-corrected chi connectivity index (χ2v) is 11.6. The number of carbonyl (C=O) groups is 2. The molecule has 226 valence electrons. The van der Waals surface area contributed by atoms with Gasteiger partial charge in [-0.15, -0.1) is 0 Å². The lowest BCUT2D eigenvalue weighted by molar-refractivity contribution is -0.125. The molecule has 0 radical (unpaired) electrons. The quantitative estimate of drug-likeness (QED) is 0.328. The van der Waals surface area contributed by atoms with E-state index >= 15 is 0 Å². The van der Waals surface area contributed by atoms with Crippen LogP contribution in [0, 0.1) is 0 Å². The SMILES string of the molecule is COc1ccc(C2=NC(c3ccc(Cl)cc3)C(c3ccc(Cl)cc3)N2C(=O)N2CCN(C(O)C=O)CC2)c(OC(C)C)c1. The van der Waals surface area contributed by atoms with Gasteiger partial charge in [0.2, 0.25) is 0 Å². The molecule has 1 N–H and O–H groups in total. The van der Waals surface area contributed by atoms with E-state index in [-0.39, 0.29) is 12.1 Å². The predicted octanol–water partition coefficient (Wildman–Crippen LogP) is 5.59. The first-order valence-electron chi connectivity index (χ1n) is 14.1. The zero-order chi connectivity index (χ0) is 30.7. The first-order chi connectivity index (χ1) is 20.7. The molecule has 1 fully saturated rings. The van der Waals surface area contributed by atoms with Gasteiger partial charge in [-0.25, -0.2) is 4.79 Å². The number of nitrogens with zero attached hydrogens (tertiary/aromatic N) is 4. The van der Waals surface area contributed by atoms with Crippen molar-refractivity contribution in [1.29, 1.82) is 0 Å². The Morgan fingerprint density at radius 2 is 1.56 bits per heavy atom. The fraction of sp³-hybridized carbons (Fsp3) is 0.344. The van der Waals surface area contributed by atoms with Crippen molar-refractivity contribution < 1.29 is 24.2 Å². The minimum Gasteiger partial charge on any atom is -0.497 e. The summed E-state index contributed by atoms with van der Waals surface area (Å²) in [7, 11) is 1.59. The lowest BCUT2D eigenvalue weighted by atomic mass is 9.93. The maximum Gasteiger partial charge on any atom is 0.326 e. The van der Waals surface area contributed by atoms with Gasteiger partial charge in [-0.1, -0.05) is 47.5 Å². The summed E-state index contributed by atoms with van der Waals surface area (Å²) in [5, 5.41) is 11.2. The number of hydrogen-bond acceptors (Lipinski definition) is 7. The monoisotopic (exact) mass is 624 g/mol. The zero-order valence-corrected chi connectivity index (χ0v) is 25.7. The van der Waals surface area contributed by atoms with Crippen molar-refractivity contribution in [2.75, 3.05) is 33.3 Å². The molecule has 3 unspecified atom stereocenters. The van der Waals surface area contributed by atoms with Crippen LogP contribution < -0.4 is 9.47 Å². The number of aliphatic imine (C=N–C) groups is 1. The average molecular weight is 626 g/mol. The minimum atomic E-state index is -1.20. The Kier molecular flexibility index (Phi) is 9.56. The summed E-state index contributed by atoms with van der Waals surface area (Å²) in [4.78, 5) is 36.0. The maximum atomic E-state index is 14.6. The highest BCUT2D eigenvalue weighted by Gasteiger charge is 2.45. The lowest BCUT2D eigenvalue weighted by Crippen LogP contribution is -2.56. The number of rotatable bonds is 8. The van der Waals surface area contributed by atoms with Gasteiger partial charge < -0.3 is 19.5 Å². The molecule has 2 heterocycles. The van der Waals surface area contributed by atoms with Gasteiger partial charge in [-0.2, -0.15) is 0 Å². The second-order valence-electron chi connectivity index (χ2n) is 10.7. The lowest BCUT2D eigenvalue weighted by Gasteiger charge is -2.39. The van der Waals surface area contributed by atoms with Gasteiger partial charge in [0, 0.05) is 42.3 Å². The number of aldehydes is 1. The zero-order valence-electron chi connectivity index (χ0n) is 24.2. The van der Waals surface area contributed by atoms with Crippen molar-refractivity contribution in [3.63, 3.8) is 0 Å². The molecule has 0 aliphatic carbocycles. The molecule has 0 saturated carbocycles. The summed E-state index contributed by atoms with van der Waals surface area (Å²) in [5.74, 6) is 1.61. The number of methoxy groups -OCH3 is 1. The van der Waals surface area contributed by atoms with Crippen molar-refractivity contribution in [3.05, 3.63) is 93.5 Å². The van der Waals surface area contributed by atoms with Crippen molar-refractivity contribution in [1.82, 2.24) is 14.7 Å². The van der Waals surface area contributed by atoms with E-state index in [0.29, 0.717) is 65.4 Å². The largest absolute Gasteiger partial charge is 0.497 e. The predicted molar refractivity (Wildman–Crippen MR) is 166 cm³/mol. The van der Waals surface area contributed by atoms with Gasteiger partial charge in [0.05, 0.1) is 24.8 Å². The third-order valence-corrected chi connectivity index (χ3v) is 8.07. The van der Waals surface area contributed by atoms with Crippen LogP contribution in [0.15, 0.2) is 71.7 Å². The van der Waals surface area contributed by atoms with E-state index in [1.165, 1.54) is 0 Å². The summed E-state index contributed by atoms with van der Waals surface area (Å²) >= 11 is 12.5. The normalized spacial score (nSPS) is 19.7. The summed E-state index contributed by atoms with van der Waals surface area (Å²) < 4.78 is 11.7. The van der Waals surface area contributed by atoms with Crippen LogP contribution in [0.5, 0.6) is 11.5 Å². The number of hydrogen-bond donors (Lipinski definition) is 1. The standard InChI is InChI=1S/C32H34Cl2N4O5/c1-20(2)43-27-18-25(42-3)12-13-26(27)31-35-29(21-4-8-23(33)9-5-21)30(22-6-10-24(34)11-7-22)38(31)32(41)37-16-14-36(15-17-37)28(40)19-39/h4-13,18-20,28-30,40H,14-17H2,1-3H3. The highest BCUT2D eigenvalue weighted by atomic mass is 35.5.